The van der Waals surface area contributed by atoms with E-state index in [1.807, 2.05) is 0 Å². The molecule has 0 rings (SSSR count). The second-order valence-corrected chi connectivity index (χ2v) is 0. The Hall–Kier alpha value is 0.774. The molecule has 0 aromatic rings. The summed E-state index contributed by atoms with van der Waals surface area (Å²) in [6, 6.07) is 0. The monoisotopic (exact) mass is 91.0 g/mol. The van der Waals surface area contributed by atoms with E-state index in [4.69, 9.17) is 0 Å². The molecule has 4 heavy (non-hydrogen) atoms. The largest absolute Gasteiger partial charge is 0.412 e. The van der Waals surface area contributed by atoms with Crippen LogP contribution in [0, 0.1) is 0 Å². The van der Waals surface area contributed by atoms with Crippen LogP contribution < -0.4 is 0 Å². The van der Waals surface area contributed by atoms with Gasteiger partial charge in [-0.25, -0.2) is 0 Å². The molecule has 0 saturated carbocycles. The summed E-state index contributed by atoms with van der Waals surface area (Å²) in [6.07, 6.45) is 0. The molecule has 1 nitrogen and oxygen atoms in total. The SMILES string of the molecule is O.[AlH3].[B].[SiH4]. The summed E-state index contributed by atoms with van der Waals surface area (Å²) in [5.74, 6) is 0. The molecule has 0 amide bonds. The average Bonchev–Trinajstić information content (AvgIpc) is 0. The number of rotatable bonds is 0. The topological polar surface area (TPSA) is 31.5 Å². The molecule has 0 aromatic carbocycles. The first-order valence-corrected chi connectivity index (χ1v) is 0. The third-order valence-electron chi connectivity index (χ3n) is 0. The van der Waals surface area contributed by atoms with Crippen LogP contribution in [0.5, 0.6) is 0 Å². The molecule has 4 heteroatoms. The molecule has 2 N–H and O–H groups in total. The fourth-order valence-electron chi connectivity index (χ4n) is 0. The minimum atomic E-state index is 0. The molecule has 0 aliphatic rings. The van der Waals surface area contributed by atoms with Crippen LogP contribution in [0.15, 0.2) is 0 Å². The van der Waals surface area contributed by atoms with Crippen molar-refractivity contribution >= 4 is 36.7 Å². The quantitative estimate of drug-likeness (QED) is 0.273. The average molecular weight is 91.0 g/mol. The van der Waals surface area contributed by atoms with E-state index >= 15 is 0 Å². The highest BCUT2D eigenvalue weighted by atomic mass is 28.1. The fourth-order valence-corrected chi connectivity index (χ4v) is 0. The van der Waals surface area contributed by atoms with Crippen LogP contribution in [0.2, 0.25) is 0 Å². The Labute approximate surface area is 42.8 Å². The molecular formula is H9AlBOSi. The van der Waals surface area contributed by atoms with Gasteiger partial charge in [-0.05, 0) is 11.0 Å². The first-order chi connectivity index (χ1) is 0. The molecule has 0 aromatic heterocycles. The van der Waals surface area contributed by atoms with Crippen LogP contribution in [0.4, 0.5) is 0 Å². The minimum Gasteiger partial charge on any atom is -0.412 e. The maximum absolute atomic E-state index is 0. The molecule has 0 heterocycles. The van der Waals surface area contributed by atoms with E-state index in [1.165, 1.54) is 0 Å². The third-order valence-corrected chi connectivity index (χ3v) is 0. The summed E-state index contributed by atoms with van der Waals surface area (Å²) in [5.41, 5.74) is 0. The van der Waals surface area contributed by atoms with E-state index in [2.05, 4.69) is 0 Å². The molecule has 3 radical (unpaired) electrons. The minimum absolute atomic E-state index is 0. The zero-order valence-electron chi connectivity index (χ0n) is 1.08. The predicted molar refractivity (Wildman–Crippen MR) is 30.6 cm³/mol. The first-order valence-electron chi connectivity index (χ1n) is 0. The molecule has 0 spiro atoms. The predicted octanol–water partition coefficient (Wildman–Crippen LogP) is -3.84. The second-order valence-electron chi connectivity index (χ2n) is 0. The number of hydrogen-bond donors (Lipinski definition) is 0. The third kappa shape index (κ3) is 14.6. The van der Waals surface area contributed by atoms with E-state index < -0.39 is 0 Å². The van der Waals surface area contributed by atoms with Crippen molar-refractivity contribution in [2.24, 2.45) is 0 Å². The molecule has 0 atom stereocenters. The maximum Gasteiger partial charge on any atom is 0.187 e. The number of hydrogen-bond acceptors (Lipinski definition) is 0. The summed E-state index contributed by atoms with van der Waals surface area (Å²) in [7, 11) is 0. The Morgan fingerprint density at radius 2 is 1.00 bits per heavy atom. The van der Waals surface area contributed by atoms with Gasteiger partial charge in [0.05, 0.1) is 0 Å². The molecular weight excluding hydrogens is 81.9 g/mol. The highest BCUT2D eigenvalue weighted by Crippen LogP contribution is -0.289. The van der Waals surface area contributed by atoms with Gasteiger partial charge in [-0.3, -0.25) is 0 Å². The van der Waals surface area contributed by atoms with Crippen LogP contribution >= 0.6 is 0 Å². The van der Waals surface area contributed by atoms with Crippen LogP contribution in [0.1, 0.15) is 0 Å². The van der Waals surface area contributed by atoms with Crippen LogP contribution in [-0.4, -0.2) is 42.2 Å². The van der Waals surface area contributed by atoms with Gasteiger partial charge >= 0.3 is 0 Å². The van der Waals surface area contributed by atoms with Gasteiger partial charge in [-0.2, -0.15) is 0 Å². The fraction of sp³-hybridized carbons (Fsp3) is 0. The van der Waals surface area contributed by atoms with Crippen molar-refractivity contribution in [3.63, 3.8) is 0 Å². The van der Waals surface area contributed by atoms with Crippen LogP contribution in [0.25, 0.3) is 0 Å². The standard InChI is InChI=1S/Al.B.H2O.H4Si.3H/h;;1H2;1H4;;;. The van der Waals surface area contributed by atoms with Gasteiger partial charge in [0.15, 0.2) is 17.4 Å². The van der Waals surface area contributed by atoms with Gasteiger partial charge in [0.25, 0.3) is 0 Å². The zero-order chi connectivity index (χ0) is 0. The lowest BCUT2D eigenvalue weighted by atomic mass is 10.8. The van der Waals surface area contributed by atoms with E-state index in [-0.39, 0.29) is 42.2 Å². The molecule has 25 valence electrons. The van der Waals surface area contributed by atoms with Crippen molar-refractivity contribution < 1.29 is 5.48 Å². The van der Waals surface area contributed by atoms with Crippen molar-refractivity contribution in [2.45, 2.75) is 0 Å². The highest BCUT2D eigenvalue weighted by Gasteiger charge is 0.187. The summed E-state index contributed by atoms with van der Waals surface area (Å²) < 4.78 is 0. The van der Waals surface area contributed by atoms with Crippen molar-refractivity contribution in [3.05, 3.63) is 0 Å². The van der Waals surface area contributed by atoms with Crippen molar-refractivity contribution in [1.82, 2.24) is 0 Å². The lowest BCUT2D eigenvalue weighted by Crippen LogP contribution is -0.382. The molecule has 0 saturated heterocycles. The maximum atomic E-state index is 0. The van der Waals surface area contributed by atoms with Crippen LogP contribution in [0.3, 0.4) is 0 Å². The zero-order valence-corrected chi connectivity index (χ0v) is 1.08. The van der Waals surface area contributed by atoms with Gasteiger partial charge in [0.1, 0.15) is 0 Å². The molecule has 0 fully saturated rings. The van der Waals surface area contributed by atoms with Crippen molar-refractivity contribution in [2.75, 3.05) is 0 Å². The van der Waals surface area contributed by atoms with Crippen LogP contribution in [-0.2, 0) is 0 Å². The Bertz CT molecular complexity index is 8.00. The molecule has 0 bridgehead atoms. The Morgan fingerprint density at radius 3 is 1.00 bits per heavy atom. The summed E-state index contributed by atoms with van der Waals surface area (Å²) in [5, 5.41) is 0. The summed E-state index contributed by atoms with van der Waals surface area (Å²) in [6.45, 7) is 0. The van der Waals surface area contributed by atoms with Gasteiger partial charge in [0.2, 0.25) is 0 Å². The van der Waals surface area contributed by atoms with E-state index in [1.54, 1.807) is 0 Å². The van der Waals surface area contributed by atoms with Gasteiger partial charge in [0, 0.05) is 8.41 Å². The lowest BCUT2D eigenvalue weighted by Gasteiger charge is -0.412. The second kappa shape index (κ2) is 48.5. The lowest BCUT2D eigenvalue weighted by molar-refractivity contribution is 0.824. The Morgan fingerprint density at radius 1 is 1.00 bits per heavy atom. The van der Waals surface area contributed by atoms with E-state index in [0.717, 1.165) is 0 Å². The molecule has 0 aliphatic heterocycles. The Balaban J connectivity index is 0. The first kappa shape index (κ1) is 113. The van der Waals surface area contributed by atoms with Crippen molar-refractivity contribution in [1.29, 1.82) is 0 Å². The molecule has 0 aliphatic carbocycles. The van der Waals surface area contributed by atoms with Gasteiger partial charge in [-0.1, -0.05) is 0 Å². The highest BCUT2D eigenvalue weighted by molar-refractivity contribution is 5.76. The van der Waals surface area contributed by atoms with E-state index in [9.17, 15) is 0 Å². The molecule has 0 unspecified atom stereocenters. The summed E-state index contributed by atoms with van der Waals surface area (Å²) in [4.78, 5) is 0. The van der Waals surface area contributed by atoms with Crippen molar-refractivity contribution in [3.8, 4) is 0 Å². The van der Waals surface area contributed by atoms with E-state index in [0.29, 0.717) is 0 Å². The Kier molecular flexibility index (Phi) is 1370. The van der Waals surface area contributed by atoms with Gasteiger partial charge in [-0.15, -0.1) is 0 Å². The normalized spacial score (nSPS) is 0. The summed E-state index contributed by atoms with van der Waals surface area (Å²) >= 11 is 0. The smallest absolute Gasteiger partial charge is 0.187 e. The van der Waals surface area contributed by atoms with Gasteiger partial charge < -0.3 is 5.48 Å².